The van der Waals surface area contributed by atoms with E-state index in [-0.39, 0.29) is 5.38 Å². The largest absolute Gasteiger partial charge is 0.118 e. The van der Waals surface area contributed by atoms with Crippen LogP contribution in [0.2, 0.25) is 0 Å². The maximum atomic E-state index is 6.63. The topological polar surface area (TPSA) is 0 Å². The molecule has 1 aromatic rings. The van der Waals surface area contributed by atoms with Crippen molar-refractivity contribution in [3.63, 3.8) is 0 Å². The third-order valence-electron chi connectivity index (χ3n) is 4.04. The van der Waals surface area contributed by atoms with Crippen molar-refractivity contribution in [3.8, 4) is 0 Å². The highest BCUT2D eigenvalue weighted by Gasteiger charge is 2.18. The monoisotopic (exact) mass is 252 g/mol. The second kappa shape index (κ2) is 5.91. The van der Waals surface area contributed by atoms with Crippen molar-refractivity contribution in [2.24, 2.45) is 5.92 Å². The molecule has 0 saturated carbocycles. The summed E-state index contributed by atoms with van der Waals surface area (Å²) in [6.07, 6.45) is 2.27. The normalized spacial score (nSPS) is 14.8. The van der Waals surface area contributed by atoms with Crippen LogP contribution in [0.3, 0.4) is 0 Å². The first-order valence-corrected chi connectivity index (χ1v) is 7.03. The summed E-state index contributed by atoms with van der Waals surface area (Å²) in [6.45, 7) is 13.3. The van der Waals surface area contributed by atoms with Gasteiger partial charge in [0, 0.05) is 0 Å². The van der Waals surface area contributed by atoms with Gasteiger partial charge in [0.15, 0.2) is 0 Å². The van der Waals surface area contributed by atoms with E-state index >= 15 is 0 Å². The molecular weight excluding hydrogens is 228 g/mol. The SMILES string of the molecule is CCC(C)CC(Cl)c1c(C)c(C)cc(C)c1C. The Hall–Kier alpha value is -0.490. The van der Waals surface area contributed by atoms with E-state index in [1.165, 1.54) is 34.2 Å². The van der Waals surface area contributed by atoms with Gasteiger partial charge in [-0.05, 0) is 67.9 Å². The lowest BCUT2D eigenvalue weighted by Gasteiger charge is -2.21. The Morgan fingerprint density at radius 2 is 1.53 bits per heavy atom. The third-order valence-corrected chi connectivity index (χ3v) is 4.44. The van der Waals surface area contributed by atoms with E-state index in [0.717, 1.165) is 6.42 Å². The molecule has 0 nitrogen and oxygen atoms in total. The number of benzene rings is 1. The lowest BCUT2D eigenvalue weighted by Crippen LogP contribution is -2.05. The summed E-state index contributed by atoms with van der Waals surface area (Å²) in [6, 6.07) is 2.26. The molecule has 0 aliphatic rings. The summed E-state index contributed by atoms with van der Waals surface area (Å²) < 4.78 is 0. The Morgan fingerprint density at radius 3 is 1.94 bits per heavy atom. The van der Waals surface area contributed by atoms with E-state index in [2.05, 4.69) is 47.6 Å². The second-order valence-electron chi connectivity index (χ2n) is 5.39. The van der Waals surface area contributed by atoms with Gasteiger partial charge in [-0.1, -0.05) is 26.3 Å². The average molecular weight is 253 g/mol. The van der Waals surface area contributed by atoms with Crippen molar-refractivity contribution in [2.75, 3.05) is 0 Å². The zero-order valence-electron chi connectivity index (χ0n) is 12.0. The summed E-state index contributed by atoms with van der Waals surface area (Å²) in [4.78, 5) is 0. The van der Waals surface area contributed by atoms with E-state index in [9.17, 15) is 0 Å². The first-order chi connectivity index (χ1) is 7.88. The predicted molar refractivity (Wildman–Crippen MR) is 78.1 cm³/mol. The molecule has 0 fully saturated rings. The number of alkyl halides is 1. The molecule has 0 radical (unpaired) electrons. The van der Waals surface area contributed by atoms with Gasteiger partial charge in [0.05, 0.1) is 5.38 Å². The zero-order chi connectivity index (χ0) is 13.2. The average Bonchev–Trinajstić information content (AvgIpc) is 2.26. The van der Waals surface area contributed by atoms with Crippen LogP contribution in [0.15, 0.2) is 6.07 Å². The van der Waals surface area contributed by atoms with Crippen LogP contribution < -0.4 is 0 Å². The third kappa shape index (κ3) is 3.25. The maximum Gasteiger partial charge on any atom is 0.0593 e. The molecule has 0 aromatic heterocycles. The maximum absolute atomic E-state index is 6.63. The van der Waals surface area contributed by atoms with Crippen LogP contribution in [-0.4, -0.2) is 0 Å². The summed E-state index contributed by atoms with van der Waals surface area (Å²) in [5.74, 6) is 0.692. The highest BCUT2D eigenvalue weighted by atomic mass is 35.5. The second-order valence-corrected chi connectivity index (χ2v) is 5.92. The lowest BCUT2D eigenvalue weighted by atomic mass is 9.89. The number of aryl methyl sites for hydroxylation is 2. The molecule has 0 spiro atoms. The molecule has 0 aliphatic carbocycles. The zero-order valence-corrected chi connectivity index (χ0v) is 12.8. The van der Waals surface area contributed by atoms with Crippen molar-refractivity contribution in [1.82, 2.24) is 0 Å². The molecule has 96 valence electrons. The summed E-state index contributed by atoms with van der Waals surface area (Å²) in [7, 11) is 0. The summed E-state index contributed by atoms with van der Waals surface area (Å²) in [5.41, 5.74) is 6.83. The van der Waals surface area contributed by atoms with Crippen LogP contribution in [0, 0.1) is 33.6 Å². The van der Waals surface area contributed by atoms with Crippen molar-refractivity contribution >= 4 is 11.6 Å². The van der Waals surface area contributed by atoms with Crippen LogP contribution in [0.5, 0.6) is 0 Å². The Kier molecular flexibility index (Phi) is 5.06. The predicted octanol–water partition coefficient (Wildman–Crippen LogP) is 5.64. The minimum Gasteiger partial charge on any atom is -0.118 e. The molecule has 2 unspecified atom stereocenters. The van der Waals surface area contributed by atoms with Crippen LogP contribution in [0.4, 0.5) is 0 Å². The summed E-state index contributed by atoms with van der Waals surface area (Å²) in [5, 5.41) is 0.156. The fourth-order valence-electron chi connectivity index (χ4n) is 2.35. The quantitative estimate of drug-likeness (QED) is 0.609. The Bertz CT molecular complexity index is 367. The van der Waals surface area contributed by atoms with Gasteiger partial charge in [-0.3, -0.25) is 0 Å². The van der Waals surface area contributed by atoms with Gasteiger partial charge in [0.25, 0.3) is 0 Å². The molecule has 1 rings (SSSR count). The highest BCUT2D eigenvalue weighted by Crippen LogP contribution is 2.35. The fourth-order valence-corrected chi connectivity index (χ4v) is 2.99. The van der Waals surface area contributed by atoms with Crippen molar-refractivity contribution in [1.29, 1.82) is 0 Å². The van der Waals surface area contributed by atoms with E-state index in [0.29, 0.717) is 5.92 Å². The fraction of sp³-hybridized carbons (Fsp3) is 0.625. The standard InChI is InChI=1S/C16H25Cl/c1-7-10(2)8-15(17)16-13(5)11(3)9-12(4)14(16)6/h9-10,15H,7-8H2,1-6H3. The van der Waals surface area contributed by atoms with Crippen molar-refractivity contribution in [2.45, 2.75) is 59.8 Å². The molecule has 1 heteroatoms. The molecule has 1 aromatic carbocycles. The molecule has 0 heterocycles. The Balaban J connectivity index is 3.12. The van der Waals surface area contributed by atoms with Gasteiger partial charge in [-0.25, -0.2) is 0 Å². The Morgan fingerprint density at radius 1 is 1.06 bits per heavy atom. The Labute approximate surface area is 111 Å². The van der Waals surface area contributed by atoms with E-state index in [1.54, 1.807) is 0 Å². The van der Waals surface area contributed by atoms with Gasteiger partial charge >= 0.3 is 0 Å². The molecule has 0 N–H and O–H groups in total. The van der Waals surface area contributed by atoms with E-state index in [1.807, 2.05) is 0 Å². The van der Waals surface area contributed by atoms with Gasteiger partial charge < -0.3 is 0 Å². The number of hydrogen-bond acceptors (Lipinski definition) is 0. The first kappa shape index (κ1) is 14.6. The first-order valence-electron chi connectivity index (χ1n) is 6.59. The van der Waals surface area contributed by atoms with Crippen LogP contribution >= 0.6 is 11.6 Å². The van der Waals surface area contributed by atoms with E-state index < -0.39 is 0 Å². The smallest absolute Gasteiger partial charge is 0.0593 e. The minimum absolute atomic E-state index is 0.156. The van der Waals surface area contributed by atoms with Gasteiger partial charge in [-0.15, -0.1) is 11.6 Å². The van der Waals surface area contributed by atoms with Crippen molar-refractivity contribution in [3.05, 3.63) is 33.9 Å². The summed E-state index contributed by atoms with van der Waals surface area (Å²) >= 11 is 6.63. The molecule has 17 heavy (non-hydrogen) atoms. The number of halogens is 1. The van der Waals surface area contributed by atoms with Crippen LogP contribution in [-0.2, 0) is 0 Å². The molecule has 0 aliphatic heterocycles. The van der Waals surface area contributed by atoms with Crippen LogP contribution in [0.25, 0.3) is 0 Å². The minimum atomic E-state index is 0.156. The molecule has 2 atom stereocenters. The molecule has 0 saturated heterocycles. The molecule has 0 amide bonds. The number of rotatable bonds is 4. The van der Waals surface area contributed by atoms with E-state index in [4.69, 9.17) is 11.6 Å². The molecule has 0 bridgehead atoms. The number of hydrogen-bond donors (Lipinski definition) is 0. The van der Waals surface area contributed by atoms with Crippen LogP contribution in [0.1, 0.15) is 59.9 Å². The molecular formula is C16H25Cl. The van der Waals surface area contributed by atoms with Crippen molar-refractivity contribution < 1.29 is 0 Å². The highest BCUT2D eigenvalue weighted by molar-refractivity contribution is 6.21. The van der Waals surface area contributed by atoms with Gasteiger partial charge in [-0.2, -0.15) is 0 Å². The van der Waals surface area contributed by atoms with Gasteiger partial charge in [0.2, 0.25) is 0 Å². The lowest BCUT2D eigenvalue weighted by molar-refractivity contribution is 0.506. The van der Waals surface area contributed by atoms with Gasteiger partial charge in [0.1, 0.15) is 0 Å².